The van der Waals surface area contributed by atoms with E-state index in [4.69, 9.17) is 0 Å². The van der Waals surface area contributed by atoms with E-state index in [2.05, 4.69) is 64.2 Å². The third kappa shape index (κ3) is 4.59. The molecule has 3 heterocycles. The average Bonchev–Trinajstić information content (AvgIpc) is 3.19. The Morgan fingerprint density at radius 2 is 1.67 bits per heavy atom. The Kier molecular flexibility index (Phi) is 6.23. The van der Waals surface area contributed by atoms with Gasteiger partial charge in [0.15, 0.2) is 0 Å². The lowest BCUT2D eigenvalue weighted by Crippen LogP contribution is -2.25. The molecule has 0 radical (unpaired) electrons. The Labute approximate surface area is 182 Å². The Morgan fingerprint density at radius 1 is 1.03 bits per heavy atom. The normalized spacial score (nSPS) is 21.6. The van der Waals surface area contributed by atoms with Crippen molar-refractivity contribution in [1.29, 1.82) is 0 Å². The Bertz CT molecular complexity index is 1000. The second-order valence-electron chi connectivity index (χ2n) is 8.01. The van der Waals surface area contributed by atoms with Crippen LogP contribution in [0.25, 0.3) is 11.1 Å². The predicted molar refractivity (Wildman–Crippen MR) is 124 cm³/mol. The number of aromatic nitrogens is 3. The van der Waals surface area contributed by atoms with E-state index in [-0.39, 0.29) is 5.56 Å². The Balaban J connectivity index is 0.000000145. The maximum absolute atomic E-state index is 10.9. The van der Waals surface area contributed by atoms with Gasteiger partial charge >= 0.3 is 0 Å². The number of fused-ring (bicyclic) bond motifs is 1. The van der Waals surface area contributed by atoms with E-state index < -0.39 is 0 Å². The summed E-state index contributed by atoms with van der Waals surface area (Å²) in [5.41, 5.74) is 3.29. The van der Waals surface area contributed by atoms with Crippen LogP contribution >= 0.6 is 11.8 Å². The first-order valence-corrected chi connectivity index (χ1v) is 11.7. The molecule has 1 saturated carbocycles. The lowest BCUT2D eigenvalue weighted by Gasteiger charge is -2.18. The number of anilines is 1. The van der Waals surface area contributed by atoms with Crippen LogP contribution in [0, 0.1) is 17.8 Å². The number of hydrogen-bond acceptors (Lipinski definition) is 5. The summed E-state index contributed by atoms with van der Waals surface area (Å²) in [6.07, 6.45) is 8.71. The summed E-state index contributed by atoms with van der Waals surface area (Å²) in [4.78, 5) is 26.0. The zero-order valence-corrected chi connectivity index (χ0v) is 18.5. The number of piperidine rings is 1. The predicted octanol–water partition coefficient (Wildman–Crippen LogP) is 4.50. The lowest BCUT2D eigenvalue weighted by atomic mass is 10.1. The molecule has 1 saturated heterocycles. The number of thioether (sulfide) groups is 1. The van der Waals surface area contributed by atoms with Gasteiger partial charge in [0.25, 0.3) is 0 Å². The molecule has 2 aromatic heterocycles. The number of rotatable bonds is 4. The maximum atomic E-state index is 10.9. The van der Waals surface area contributed by atoms with Crippen molar-refractivity contribution in [1.82, 2.24) is 15.0 Å². The molecule has 5 rings (SSSR count). The number of pyridine rings is 1. The van der Waals surface area contributed by atoms with Crippen LogP contribution in [0.3, 0.4) is 0 Å². The average molecular weight is 421 g/mol. The van der Waals surface area contributed by atoms with Crippen molar-refractivity contribution in [2.75, 3.05) is 24.2 Å². The summed E-state index contributed by atoms with van der Waals surface area (Å²) in [5.74, 6) is 3.70. The molecule has 1 unspecified atom stereocenters. The van der Waals surface area contributed by atoms with Gasteiger partial charge in [-0.05, 0) is 65.3 Å². The highest BCUT2D eigenvalue weighted by Crippen LogP contribution is 2.51. The van der Waals surface area contributed by atoms with Crippen LogP contribution in [-0.2, 0) is 6.42 Å². The quantitative estimate of drug-likeness (QED) is 0.630. The molecule has 2 aliphatic rings. The molecule has 1 aliphatic carbocycles. The summed E-state index contributed by atoms with van der Waals surface area (Å²) in [6, 6.07) is 11.6. The molecule has 0 bridgehead atoms. The smallest absolute Gasteiger partial charge is 0.247 e. The lowest BCUT2D eigenvalue weighted by molar-refractivity contribution is 0.676. The van der Waals surface area contributed by atoms with Crippen LogP contribution in [0.1, 0.15) is 19.4 Å². The fraction of sp³-hybridized carbons (Fsp3) is 0.375. The van der Waals surface area contributed by atoms with Crippen molar-refractivity contribution in [2.45, 2.75) is 25.2 Å². The van der Waals surface area contributed by atoms with E-state index in [0.29, 0.717) is 0 Å². The molecule has 1 aliphatic heterocycles. The summed E-state index contributed by atoms with van der Waals surface area (Å²) >= 11 is 1.72. The first kappa shape index (κ1) is 20.7. The van der Waals surface area contributed by atoms with Gasteiger partial charge in [0.05, 0.1) is 0 Å². The standard InChI is InChI=1S/C12H17N3.C12H11NOS/c1-3-9-4-13-12(14-5-9)15-6-10-8(2)11(10)7-15;1-15-11-5-2-9(3-6-11)10-4-7-12(14)13-8-10/h4-5,8,10-11H,3,6-7H2,1-2H3;2-8H,1H3,(H,13,14)/t8?,10-,11+;. The highest BCUT2D eigenvalue weighted by molar-refractivity contribution is 7.98. The molecule has 1 N–H and O–H groups in total. The van der Waals surface area contributed by atoms with Crippen molar-refractivity contribution in [3.63, 3.8) is 0 Å². The third-order valence-corrected chi connectivity index (χ3v) is 6.96. The van der Waals surface area contributed by atoms with Gasteiger partial charge in [0, 0.05) is 42.6 Å². The first-order valence-electron chi connectivity index (χ1n) is 10.5. The minimum atomic E-state index is -0.0699. The SMILES string of the molecule is CCc1cnc(N2C[C@@H]3C(C)[C@@H]3C2)nc1.CSc1ccc(-c2ccc(=O)[nH]c2)cc1. The molecule has 156 valence electrons. The summed E-state index contributed by atoms with van der Waals surface area (Å²) in [5, 5.41) is 0. The minimum absolute atomic E-state index is 0.0699. The van der Waals surface area contributed by atoms with E-state index in [1.54, 1.807) is 18.0 Å². The van der Waals surface area contributed by atoms with Gasteiger partial charge in [-0.1, -0.05) is 26.0 Å². The second kappa shape index (κ2) is 9.04. The van der Waals surface area contributed by atoms with Crippen LogP contribution in [0.15, 0.2) is 64.7 Å². The summed E-state index contributed by atoms with van der Waals surface area (Å²) in [6.45, 7) is 6.81. The van der Waals surface area contributed by atoms with Crippen molar-refractivity contribution in [3.05, 3.63) is 70.9 Å². The molecule has 2 fully saturated rings. The molecule has 1 aromatic carbocycles. The van der Waals surface area contributed by atoms with E-state index >= 15 is 0 Å². The van der Waals surface area contributed by atoms with Gasteiger partial charge in [0.1, 0.15) is 0 Å². The summed E-state index contributed by atoms with van der Waals surface area (Å²) in [7, 11) is 0. The van der Waals surface area contributed by atoms with Crippen molar-refractivity contribution in [3.8, 4) is 11.1 Å². The number of nitrogens with zero attached hydrogens (tertiary/aromatic N) is 3. The first-order chi connectivity index (χ1) is 14.6. The largest absolute Gasteiger partial charge is 0.340 e. The number of aryl methyl sites for hydroxylation is 1. The van der Waals surface area contributed by atoms with Gasteiger partial charge in [-0.3, -0.25) is 4.79 Å². The maximum Gasteiger partial charge on any atom is 0.247 e. The molecule has 0 spiro atoms. The van der Waals surface area contributed by atoms with Crippen LogP contribution in [0.5, 0.6) is 0 Å². The Morgan fingerprint density at radius 3 is 2.20 bits per heavy atom. The zero-order valence-electron chi connectivity index (χ0n) is 17.7. The number of hydrogen-bond donors (Lipinski definition) is 1. The second-order valence-corrected chi connectivity index (χ2v) is 8.89. The van der Waals surface area contributed by atoms with Gasteiger partial charge in [-0.15, -0.1) is 11.8 Å². The van der Waals surface area contributed by atoms with Crippen molar-refractivity contribution >= 4 is 17.7 Å². The Hall–Kier alpha value is -2.60. The molecule has 6 heteroatoms. The van der Waals surface area contributed by atoms with Gasteiger partial charge in [0.2, 0.25) is 11.5 Å². The number of benzene rings is 1. The van der Waals surface area contributed by atoms with Crippen LogP contribution in [0.4, 0.5) is 5.95 Å². The van der Waals surface area contributed by atoms with Crippen LogP contribution in [0.2, 0.25) is 0 Å². The molecular formula is C24H28N4OS. The fourth-order valence-electron chi connectivity index (χ4n) is 4.05. The van der Waals surface area contributed by atoms with E-state index in [0.717, 1.165) is 54.3 Å². The minimum Gasteiger partial charge on any atom is -0.340 e. The van der Waals surface area contributed by atoms with Crippen LogP contribution < -0.4 is 10.5 Å². The van der Waals surface area contributed by atoms with E-state index in [1.807, 2.05) is 18.5 Å². The molecule has 30 heavy (non-hydrogen) atoms. The molecule has 3 atom stereocenters. The van der Waals surface area contributed by atoms with Crippen LogP contribution in [-0.4, -0.2) is 34.3 Å². The van der Waals surface area contributed by atoms with E-state index in [1.165, 1.54) is 16.5 Å². The van der Waals surface area contributed by atoms with E-state index in [9.17, 15) is 4.79 Å². The van der Waals surface area contributed by atoms with Crippen molar-refractivity contribution in [2.24, 2.45) is 17.8 Å². The fourth-order valence-corrected chi connectivity index (χ4v) is 4.46. The summed E-state index contributed by atoms with van der Waals surface area (Å²) < 4.78 is 0. The van der Waals surface area contributed by atoms with Crippen molar-refractivity contribution < 1.29 is 0 Å². The molecule has 3 aromatic rings. The third-order valence-electron chi connectivity index (χ3n) is 6.21. The number of H-pyrrole nitrogens is 1. The van der Waals surface area contributed by atoms with Gasteiger partial charge < -0.3 is 9.88 Å². The molecule has 5 nitrogen and oxygen atoms in total. The monoisotopic (exact) mass is 420 g/mol. The highest BCUT2D eigenvalue weighted by atomic mass is 32.2. The van der Waals surface area contributed by atoms with Gasteiger partial charge in [-0.25, -0.2) is 9.97 Å². The topological polar surface area (TPSA) is 61.9 Å². The highest BCUT2D eigenvalue weighted by Gasteiger charge is 2.53. The number of nitrogens with one attached hydrogen (secondary N) is 1. The zero-order chi connectivity index (χ0) is 21.1. The number of aromatic amines is 1. The molecular weight excluding hydrogens is 392 g/mol. The molecule has 0 amide bonds. The van der Waals surface area contributed by atoms with Gasteiger partial charge in [-0.2, -0.15) is 0 Å².